The monoisotopic (exact) mass is 489 g/mol. The van der Waals surface area contributed by atoms with E-state index in [1.807, 2.05) is 6.07 Å². The van der Waals surface area contributed by atoms with Crippen LogP contribution in [0.4, 0.5) is 0 Å². The number of aliphatic hydroxyl groups is 1. The van der Waals surface area contributed by atoms with Crippen molar-refractivity contribution < 1.29 is 23.1 Å². The van der Waals surface area contributed by atoms with Gasteiger partial charge in [0.15, 0.2) is 0 Å². The molecule has 0 spiro atoms. The molecule has 3 rings (SSSR count). The maximum absolute atomic E-state index is 13.1. The minimum absolute atomic E-state index is 0.0422. The Kier molecular flexibility index (Phi) is 8.33. The van der Waals surface area contributed by atoms with Crippen LogP contribution >= 0.6 is 0 Å². The standard InChI is InChI=1S/C25H35N3O5S/c1-19-16-22(33-4)17-20(2)24(19)34(31,32)27(3)13-6-5-9-23(29)28-14-10-25(30,11-15-28)21-8-7-12-26-18-21/h7-8,12,16-18,30H,5-6,9-11,13-15H2,1-4H3. The van der Waals surface area contributed by atoms with Gasteiger partial charge in [0, 0.05) is 51.1 Å². The average molecular weight is 490 g/mol. The van der Waals surface area contributed by atoms with E-state index in [0.717, 1.165) is 5.56 Å². The molecule has 0 unspecified atom stereocenters. The molecule has 1 aliphatic rings. The molecule has 1 aromatic heterocycles. The van der Waals surface area contributed by atoms with Crippen LogP contribution in [0.5, 0.6) is 5.75 Å². The summed E-state index contributed by atoms with van der Waals surface area (Å²) in [5, 5.41) is 10.9. The minimum atomic E-state index is -3.64. The average Bonchev–Trinajstić information content (AvgIpc) is 2.81. The van der Waals surface area contributed by atoms with Crippen molar-refractivity contribution in [2.24, 2.45) is 0 Å². The predicted octanol–water partition coefficient (Wildman–Crippen LogP) is 3.01. The van der Waals surface area contributed by atoms with Crippen LogP contribution in [-0.2, 0) is 20.4 Å². The van der Waals surface area contributed by atoms with Gasteiger partial charge in [0.2, 0.25) is 15.9 Å². The Balaban J connectivity index is 1.48. The molecule has 1 amide bonds. The quantitative estimate of drug-likeness (QED) is 0.544. The SMILES string of the molecule is COc1cc(C)c(S(=O)(=O)N(C)CCCCC(=O)N2CCC(O)(c3cccnc3)CC2)c(C)c1. The molecule has 9 heteroatoms. The van der Waals surface area contributed by atoms with E-state index in [-0.39, 0.29) is 5.91 Å². The first kappa shape index (κ1) is 26.1. The number of hydrogen-bond donors (Lipinski definition) is 1. The number of amides is 1. The third-order valence-electron chi connectivity index (χ3n) is 6.59. The molecule has 0 bridgehead atoms. The second-order valence-electron chi connectivity index (χ2n) is 9.03. The van der Waals surface area contributed by atoms with Crippen molar-refractivity contribution in [1.82, 2.24) is 14.2 Å². The molecule has 2 heterocycles. The third kappa shape index (κ3) is 5.76. The van der Waals surface area contributed by atoms with E-state index < -0.39 is 15.6 Å². The summed E-state index contributed by atoms with van der Waals surface area (Å²) >= 11 is 0. The number of likely N-dealkylation sites (tertiary alicyclic amines) is 1. The number of sulfonamides is 1. The van der Waals surface area contributed by atoms with E-state index in [0.29, 0.717) is 73.5 Å². The molecule has 1 N–H and O–H groups in total. The lowest BCUT2D eigenvalue weighted by atomic mass is 9.85. The van der Waals surface area contributed by atoms with Gasteiger partial charge in [-0.25, -0.2) is 12.7 Å². The van der Waals surface area contributed by atoms with Crippen molar-refractivity contribution in [3.8, 4) is 5.75 Å². The number of carbonyl (C=O) groups is 1. The summed E-state index contributed by atoms with van der Waals surface area (Å²) in [6.45, 7) is 4.86. The molecular weight excluding hydrogens is 454 g/mol. The number of piperidine rings is 1. The van der Waals surface area contributed by atoms with E-state index >= 15 is 0 Å². The van der Waals surface area contributed by atoms with Crippen molar-refractivity contribution >= 4 is 15.9 Å². The second kappa shape index (κ2) is 10.8. The zero-order valence-electron chi connectivity index (χ0n) is 20.5. The summed E-state index contributed by atoms with van der Waals surface area (Å²) in [6.07, 6.45) is 5.86. The number of unbranched alkanes of at least 4 members (excludes halogenated alkanes) is 1. The molecule has 8 nitrogen and oxygen atoms in total. The summed E-state index contributed by atoms with van der Waals surface area (Å²) in [5.74, 6) is 0.673. The Hall–Kier alpha value is -2.49. The minimum Gasteiger partial charge on any atom is -0.497 e. The van der Waals surface area contributed by atoms with Crippen molar-refractivity contribution in [3.05, 3.63) is 53.3 Å². The number of pyridine rings is 1. The van der Waals surface area contributed by atoms with Gasteiger partial charge in [0.05, 0.1) is 17.6 Å². The molecule has 1 fully saturated rings. The third-order valence-corrected chi connectivity index (χ3v) is 8.76. The van der Waals surface area contributed by atoms with Gasteiger partial charge >= 0.3 is 0 Å². The molecule has 0 radical (unpaired) electrons. The largest absolute Gasteiger partial charge is 0.497 e. The first-order valence-corrected chi connectivity index (χ1v) is 13.0. The molecule has 0 saturated carbocycles. The van der Waals surface area contributed by atoms with Gasteiger partial charge < -0.3 is 14.7 Å². The zero-order chi connectivity index (χ0) is 24.9. The normalized spacial score (nSPS) is 16.0. The van der Waals surface area contributed by atoms with Crippen molar-refractivity contribution in [3.63, 3.8) is 0 Å². The second-order valence-corrected chi connectivity index (χ2v) is 11.0. The fourth-order valence-electron chi connectivity index (χ4n) is 4.53. The lowest BCUT2D eigenvalue weighted by Crippen LogP contribution is -2.45. The number of rotatable bonds is 9. The van der Waals surface area contributed by atoms with E-state index in [4.69, 9.17) is 4.74 Å². The number of aromatic nitrogens is 1. The van der Waals surface area contributed by atoms with Crippen molar-refractivity contribution in [1.29, 1.82) is 0 Å². The summed E-state index contributed by atoms with van der Waals surface area (Å²) in [7, 11) is -0.507. The Morgan fingerprint density at radius 2 is 1.85 bits per heavy atom. The highest BCUT2D eigenvalue weighted by Crippen LogP contribution is 2.32. The fraction of sp³-hybridized carbons (Fsp3) is 0.520. The number of nitrogens with zero attached hydrogens (tertiary/aromatic N) is 3. The van der Waals surface area contributed by atoms with Gasteiger partial charge in [-0.1, -0.05) is 6.07 Å². The lowest BCUT2D eigenvalue weighted by Gasteiger charge is -2.38. The van der Waals surface area contributed by atoms with Gasteiger partial charge in [-0.2, -0.15) is 0 Å². The van der Waals surface area contributed by atoms with E-state index in [9.17, 15) is 18.3 Å². The number of carbonyl (C=O) groups excluding carboxylic acids is 1. The predicted molar refractivity (Wildman–Crippen MR) is 130 cm³/mol. The topological polar surface area (TPSA) is 100 Å². The highest BCUT2D eigenvalue weighted by atomic mass is 32.2. The van der Waals surface area contributed by atoms with Crippen LogP contribution in [0.2, 0.25) is 0 Å². The summed E-state index contributed by atoms with van der Waals surface area (Å²) in [5.41, 5.74) is 1.14. The maximum Gasteiger partial charge on any atom is 0.243 e. The highest BCUT2D eigenvalue weighted by Gasteiger charge is 2.35. The smallest absolute Gasteiger partial charge is 0.243 e. The number of methoxy groups -OCH3 is 1. The highest BCUT2D eigenvalue weighted by molar-refractivity contribution is 7.89. The zero-order valence-corrected chi connectivity index (χ0v) is 21.3. The molecule has 1 aromatic carbocycles. The summed E-state index contributed by atoms with van der Waals surface area (Å²) < 4.78 is 32.8. The molecule has 2 aromatic rings. The molecule has 1 saturated heterocycles. The van der Waals surface area contributed by atoms with Gasteiger partial charge in [-0.3, -0.25) is 9.78 Å². The first-order valence-electron chi connectivity index (χ1n) is 11.6. The lowest BCUT2D eigenvalue weighted by molar-refractivity contribution is -0.135. The van der Waals surface area contributed by atoms with E-state index in [2.05, 4.69) is 4.98 Å². The Labute approximate surface area is 202 Å². The molecule has 34 heavy (non-hydrogen) atoms. The fourth-order valence-corrected chi connectivity index (χ4v) is 6.15. The first-order chi connectivity index (χ1) is 16.1. The maximum atomic E-state index is 13.1. The Bertz CT molecular complexity index is 1070. The van der Waals surface area contributed by atoms with Crippen LogP contribution in [0, 0.1) is 13.8 Å². The van der Waals surface area contributed by atoms with Gasteiger partial charge in [-0.15, -0.1) is 0 Å². The van der Waals surface area contributed by atoms with Gasteiger partial charge in [-0.05, 0) is 68.9 Å². The number of hydrogen-bond acceptors (Lipinski definition) is 6. The number of ether oxygens (including phenoxy) is 1. The van der Waals surface area contributed by atoms with E-state index in [1.54, 1.807) is 63.5 Å². The van der Waals surface area contributed by atoms with Gasteiger partial charge in [0.1, 0.15) is 5.75 Å². The molecule has 0 aliphatic carbocycles. The molecule has 1 aliphatic heterocycles. The molecule has 186 valence electrons. The van der Waals surface area contributed by atoms with Crippen molar-refractivity contribution in [2.75, 3.05) is 33.8 Å². The van der Waals surface area contributed by atoms with Crippen LogP contribution in [0.15, 0.2) is 41.6 Å². The number of benzene rings is 1. The Morgan fingerprint density at radius 1 is 1.21 bits per heavy atom. The van der Waals surface area contributed by atoms with Gasteiger partial charge in [0.25, 0.3) is 0 Å². The van der Waals surface area contributed by atoms with E-state index in [1.165, 1.54) is 4.31 Å². The summed E-state index contributed by atoms with van der Waals surface area (Å²) in [4.78, 5) is 18.8. The van der Waals surface area contributed by atoms with Crippen molar-refractivity contribution in [2.45, 2.75) is 56.4 Å². The molecular formula is C25H35N3O5S. The Morgan fingerprint density at radius 3 is 2.41 bits per heavy atom. The summed E-state index contributed by atoms with van der Waals surface area (Å²) in [6, 6.07) is 7.12. The number of aryl methyl sites for hydroxylation is 2. The van der Waals surface area contributed by atoms with Crippen LogP contribution in [-0.4, -0.2) is 67.4 Å². The van der Waals surface area contributed by atoms with Crippen LogP contribution < -0.4 is 4.74 Å². The van der Waals surface area contributed by atoms with Crippen LogP contribution in [0.3, 0.4) is 0 Å². The van der Waals surface area contributed by atoms with Crippen LogP contribution in [0.25, 0.3) is 0 Å². The van der Waals surface area contributed by atoms with Crippen LogP contribution in [0.1, 0.15) is 48.8 Å². The molecule has 0 atom stereocenters.